The Kier molecular flexibility index (Phi) is 36.9. The summed E-state index contributed by atoms with van der Waals surface area (Å²) in [6, 6.07) is -0.532. The molecule has 0 rings (SSSR count). The molecule has 0 aliphatic heterocycles. The number of hydrogen-bond acceptors (Lipinski definition) is 3. The summed E-state index contributed by atoms with van der Waals surface area (Å²) in [6.07, 6.45) is 45.6. The fraction of sp³-hybridized carbons (Fsp3) is 0.927. The molecule has 0 aliphatic rings. The van der Waals surface area contributed by atoms with Crippen molar-refractivity contribution in [1.82, 2.24) is 5.32 Å². The third kappa shape index (κ3) is 34.3. The van der Waals surface area contributed by atoms with Crippen molar-refractivity contribution in [3.05, 3.63) is 12.2 Å². The van der Waals surface area contributed by atoms with E-state index in [4.69, 9.17) is 0 Å². The Morgan fingerprint density at radius 2 is 0.844 bits per heavy atom. The zero-order chi connectivity index (χ0) is 32.9. The minimum atomic E-state index is -0.655. The number of hydrogen-bond donors (Lipinski definition) is 3. The van der Waals surface area contributed by atoms with Crippen molar-refractivity contribution in [3.8, 4) is 0 Å². The van der Waals surface area contributed by atoms with Gasteiger partial charge in [-0.3, -0.25) is 4.79 Å². The highest BCUT2D eigenvalue weighted by atomic mass is 16.3. The predicted molar refractivity (Wildman–Crippen MR) is 198 cm³/mol. The monoisotopic (exact) mass is 636 g/mol. The molecule has 0 aromatic carbocycles. The van der Waals surface area contributed by atoms with Gasteiger partial charge in [-0.1, -0.05) is 193 Å². The van der Waals surface area contributed by atoms with E-state index in [1.165, 1.54) is 173 Å². The van der Waals surface area contributed by atoms with E-state index in [2.05, 4.69) is 31.3 Å². The summed E-state index contributed by atoms with van der Waals surface area (Å²) in [5.74, 6) is -0.0323. The van der Waals surface area contributed by atoms with Crippen LogP contribution in [0, 0.1) is 0 Å². The largest absolute Gasteiger partial charge is 0.394 e. The lowest BCUT2D eigenvalue weighted by molar-refractivity contribution is -0.123. The maximum atomic E-state index is 12.4. The minimum absolute atomic E-state index is 0.0323. The van der Waals surface area contributed by atoms with Crippen molar-refractivity contribution in [2.75, 3.05) is 6.61 Å². The van der Waals surface area contributed by atoms with Crippen LogP contribution in [0.4, 0.5) is 0 Å². The molecule has 0 aromatic heterocycles. The average Bonchev–Trinajstić information content (AvgIpc) is 3.04. The van der Waals surface area contributed by atoms with Gasteiger partial charge < -0.3 is 15.5 Å². The van der Waals surface area contributed by atoms with Gasteiger partial charge in [0.1, 0.15) is 0 Å². The lowest BCUT2D eigenvalue weighted by Crippen LogP contribution is -2.45. The molecule has 4 nitrogen and oxygen atoms in total. The molecule has 45 heavy (non-hydrogen) atoms. The molecule has 0 fully saturated rings. The van der Waals surface area contributed by atoms with Gasteiger partial charge in [0.05, 0.1) is 18.8 Å². The molecule has 4 heteroatoms. The molecule has 268 valence electrons. The molecule has 0 aromatic rings. The Balaban J connectivity index is 3.51. The van der Waals surface area contributed by atoms with Crippen LogP contribution >= 0.6 is 0 Å². The molecule has 0 aliphatic carbocycles. The van der Waals surface area contributed by atoms with E-state index in [1.54, 1.807) is 0 Å². The van der Waals surface area contributed by atoms with Crippen molar-refractivity contribution >= 4 is 5.91 Å². The first-order valence-corrected chi connectivity index (χ1v) is 20.4. The van der Waals surface area contributed by atoms with Crippen LogP contribution in [0.25, 0.3) is 0 Å². The van der Waals surface area contributed by atoms with Gasteiger partial charge in [-0.2, -0.15) is 0 Å². The van der Waals surface area contributed by atoms with Crippen LogP contribution in [0.2, 0.25) is 0 Å². The standard InChI is InChI=1S/C41H81NO3/c1-3-5-7-9-11-13-15-17-19-20-21-22-23-25-27-29-31-33-35-37-41(45)42-39(38-43)40(44)36-34-32-30-28-26-24-18-16-14-12-10-8-6-4-2/h17,19,39-40,43-44H,3-16,18,20-38H2,1-2H3,(H,42,45)/b19-17+/t39-,40+/m0/s1. The molecule has 0 radical (unpaired) electrons. The van der Waals surface area contributed by atoms with E-state index >= 15 is 0 Å². The van der Waals surface area contributed by atoms with Gasteiger partial charge in [0, 0.05) is 6.42 Å². The topological polar surface area (TPSA) is 69.6 Å². The zero-order valence-electron chi connectivity index (χ0n) is 30.7. The highest BCUT2D eigenvalue weighted by Crippen LogP contribution is 2.15. The summed E-state index contributed by atoms with van der Waals surface area (Å²) in [5.41, 5.74) is 0. The summed E-state index contributed by atoms with van der Waals surface area (Å²) in [4.78, 5) is 12.4. The lowest BCUT2D eigenvalue weighted by atomic mass is 10.0. The molecule has 2 atom stereocenters. The Labute approximate surface area is 282 Å². The SMILES string of the molecule is CCCCCCCC/C=C/CCCCCCCCCCCC(=O)N[C@@H](CO)[C@H](O)CCCCCCCCCCCCCCCC. The molecule has 0 saturated carbocycles. The molecular formula is C41H81NO3. The molecule has 3 N–H and O–H groups in total. The Morgan fingerprint density at radius 3 is 1.22 bits per heavy atom. The maximum Gasteiger partial charge on any atom is 0.220 e. The van der Waals surface area contributed by atoms with Crippen LogP contribution in [-0.4, -0.2) is 34.9 Å². The van der Waals surface area contributed by atoms with E-state index in [-0.39, 0.29) is 12.5 Å². The smallest absolute Gasteiger partial charge is 0.220 e. The normalized spacial score (nSPS) is 13.1. The Hall–Kier alpha value is -0.870. The van der Waals surface area contributed by atoms with E-state index in [1.807, 2.05) is 0 Å². The first kappa shape index (κ1) is 44.1. The van der Waals surface area contributed by atoms with Crippen LogP contribution in [0.5, 0.6) is 0 Å². The molecule has 1 amide bonds. The van der Waals surface area contributed by atoms with Gasteiger partial charge in [-0.05, 0) is 38.5 Å². The second-order valence-corrected chi connectivity index (χ2v) is 14.1. The van der Waals surface area contributed by atoms with Crippen LogP contribution < -0.4 is 5.32 Å². The summed E-state index contributed by atoms with van der Waals surface area (Å²) < 4.78 is 0. The van der Waals surface area contributed by atoms with Gasteiger partial charge >= 0.3 is 0 Å². The average molecular weight is 636 g/mol. The van der Waals surface area contributed by atoms with Crippen molar-refractivity contribution in [2.45, 2.75) is 238 Å². The van der Waals surface area contributed by atoms with Gasteiger partial charge in [0.15, 0.2) is 0 Å². The van der Waals surface area contributed by atoms with E-state index in [0.29, 0.717) is 12.8 Å². The molecule has 0 bridgehead atoms. The molecule has 0 unspecified atom stereocenters. The lowest BCUT2D eigenvalue weighted by Gasteiger charge is -2.22. The molecule has 0 heterocycles. The van der Waals surface area contributed by atoms with Crippen molar-refractivity contribution in [1.29, 1.82) is 0 Å². The highest BCUT2D eigenvalue weighted by molar-refractivity contribution is 5.76. The van der Waals surface area contributed by atoms with Crippen molar-refractivity contribution in [3.63, 3.8) is 0 Å². The summed E-state index contributed by atoms with van der Waals surface area (Å²) in [6.45, 7) is 4.36. The van der Waals surface area contributed by atoms with Gasteiger partial charge in [0.2, 0.25) is 5.91 Å². The molecule has 0 saturated heterocycles. The molecule has 0 spiro atoms. The van der Waals surface area contributed by atoms with Crippen LogP contribution in [0.1, 0.15) is 226 Å². The summed E-state index contributed by atoms with van der Waals surface area (Å²) >= 11 is 0. The number of amides is 1. The third-order valence-electron chi connectivity index (χ3n) is 9.53. The number of rotatable bonds is 37. The van der Waals surface area contributed by atoms with Crippen LogP contribution in [0.15, 0.2) is 12.2 Å². The Bertz CT molecular complexity index is 608. The van der Waals surface area contributed by atoms with Crippen LogP contribution in [0.3, 0.4) is 0 Å². The minimum Gasteiger partial charge on any atom is -0.394 e. The number of nitrogens with one attached hydrogen (secondary N) is 1. The van der Waals surface area contributed by atoms with Crippen molar-refractivity contribution < 1.29 is 15.0 Å². The van der Waals surface area contributed by atoms with E-state index in [0.717, 1.165) is 25.7 Å². The summed E-state index contributed by atoms with van der Waals surface area (Å²) in [7, 11) is 0. The fourth-order valence-corrected chi connectivity index (χ4v) is 6.36. The second-order valence-electron chi connectivity index (χ2n) is 14.1. The number of aliphatic hydroxyl groups excluding tert-OH is 2. The first-order chi connectivity index (χ1) is 22.2. The fourth-order valence-electron chi connectivity index (χ4n) is 6.36. The zero-order valence-corrected chi connectivity index (χ0v) is 30.7. The van der Waals surface area contributed by atoms with Gasteiger partial charge in [-0.25, -0.2) is 0 Å². The number of carbonyl (C=O) groups is 1. The number of carbonyl (C=O) groups excluding carboxylic acids is 1. The van der Waals surface area contributed by atoms with E-state index < -0.39 is 12.1 Å². The van der Waals surface area contributed by atoms with Gasteiger partial charge in [0.25, 0.3) is 0 Å². The first-order valence-electron chi connectivity index (χ1n) is 20.4. The predicted octanol–water partition coefficient (Wildman–Crippen LogP) is 12.3. The van der Waals surface area contributed by atoms with E-state index in [9.17, 15) is 15.0 Å². The Morgan fingerprint density at radius 1 is 0.511 bits per heavy atom. The molecular weight excluding hydrogens is 554 g/mol. The van der Waals surface area contributed by atoms with Gasteiger partial charge in [-0.15, -0.1) is 0 Å². The quantitative estimate of drug-likeness (QED) is 0.0470. The highest BCUT2D eigenvalue weighted by Gasteiger charge is 2.19. The maximum absolute atomic E-state index is 12.4. The second kappa shape index (κ2) is 37.6. The number of allylic oxidation sites excluding steroid dienone is 2. The number of aliphatic hydroxyl groups is 2. The van der Waals surface area contributed by atoms with Crippen molar-refractivity contribution in [2.24, 2.45) is 0 Å². The number of unbranched alkanes of at least 4 members (excludes halogenated alkanes) is 28. The third-order valence-corrected chi connectivity index (χ3v) is 9.53. The van der Waals surface area contributed by atoms with Crippen LogP contribution in [-0.2, 0) is 4.79 Å². The summed E-state index contributed by atoms with van der Waals surface area (Å²) in [5, 5.41) is 23.1.